The van der Waals surface area contributed by atoms with Crippen LogP contribution in [0.25, 0.3) is 0 Å². The van der Waals surface area contributed by atoms with Gasteiger partial charge in [0.2, 0.25) is 6.29 Å². The van der Waals surface area contributed by atoms with Crippen LogP contribution in [0.2, 0.25) is 0 Å². The van der Waals surface area contributed by atoms with Crippen LogP contribution in [0.3, 0.4) is 0 Å². The summed E-state index contributed by atoms with van der Waals surface area (Å²) in [6.45, 7) is -0.155. The maximum absolute atomic E-state index is 10.7. The fourth-order valence-corrected chi connectivity index (χ4v) is 1.86. The van der Waals surface area contributed by atoms with Gasteiger partial charge in [0.1, 0.15) is 24.6 Å². The summed E-state index contributed by atoms with van der Waals surface area (Å²) in [5, 5.41) is 28.7. The minimum absolute atomic E-state index is 0.155. The largest absolute Gasteiger partial charge is 0.493 e. The highest BCUT2D eigenvalue weighted by molar-refractivity contribution is 5.76. The highest BCUT2D eigenvalue weighted by Crippen LogP contribution is 2.30. The lowest BCUT2D eigenvalue weighted by molar-refractivity contribution is -0.242. The topological polar surface area (TPSA) is 105 Å². The van der Waals surface area contributed by atoms with Gasteiger partial charge in [-0.05, 0) is 18.2 Å². The smallest absolute Gasteiger partial charge is 0.229 e. The van der Waals surface area contributed by atoms with Crippen molar-refractivity contribution in [2.24, 2.45) is 0 Å². The summed E-state index contributed by atoms with van der Waals surface area (Å²) in [4.78, 5) is 10.7. The first-order valence-electron chi connectivity index (χ1n) is 6.02. The molecular formula is C13H16O7. The van der Waals surface area contributed by atoms with Gasteiger partial charge in [0.25, 0.3) is 0 Å². The van der Waals surface area contributed by atoms with E-state index in [9.17, 15) is 20.1 Å². The van der Waals surface area contributed by atoms with Crippen LogP contribution in [0.15, 0.2) is 18.2 Å². The van der Waals surface area contributed by atoms with E-state index >= 15 is 0 Å². The molecule has 1 saturated heterocycles. The molecule has 3 N–H and O–H groups in total. The maximum atomic E-state index is 10.7. The Kier molecular flexibility index (Phi) is 4.56. The minimum atomic E-state index is -1.39. The molecule has 1 aromatic carbocycles. The maximum Gasteiger partial charge on any atom is 0.229 e. The molecule has 1 aliphatic heterocycles. The fourth-order valence-electron chi connectivity index (χ4n) is 1.86. The van der Waals surface area contributed by atoms with Crippen LogP contribution < -0.4 is 9.47 Å². The summed E-state index contributed by atoms with van der Waals surface area (Å²) in [7, 11) is 1.41. The monoisotopic (exact) mass is 284 g/mol. The molecule has 2 rings (SSSR count). The zero-order valence-corrected chi connectivity index (χ0v) is 10.8. The molecule has 0 radical (unpaired) electrons. The quantitative estimate of drug-likeness (QED) is 0.629. The lowest BCUT2D eigenvalue weighted by atomic mass is 10.1. The van der Waals surface area contributed by atoms with Crippen molar-refractivity contribution < 1.29 is 34.3 Å². The number of carbonyl (C=O) groups is 1. The predicted octanol–water partition coefficient (Wildman–Crippen LogP) is -0.675. The zero-order chi connectivity index (χ0) is 14.7. The Morgan fingerprint density at radius 2 is 2.00 bits per heavy atom. The standard InChI is InChI=1S/C13H16O7/c1-18-10-4-7(5-14)2-3-9(10)20-13-12(17)11(16)8(15)6-19-13/h2-5,8,11-13,15-17H,6H2,1H3/t8-,11-,12+,13?/m1/s1. The summed E-state index contributed by atoms with van der Waals surface area (Å²) < 4.78 is 15.6. The highest BCUT2D eigenvalue weighted by atomic mass is 16.7. The first-order chi connectivity index (χ1) is 9.56. The molecule has 0 saturated carbocycles. The third kappa shape index (κ3) is 2.91. The Balaban J connectivity index is 2.15. The van der Waals surface area contributed by atoms with E-state index in [4.69, 9.17) is 14.2 Å². The van der Waals surface area contributed by atoms with Crippen molar-refractivity contribution in [1.29, 1.82) is 0 Å². The van der Waals surface area contributed by atoms with E-state index in [-0.39, 0.29) is 12.4 Å². The normalized spacial score (nSPS) is 29.8. The van der Waals surface area contributed by atoms with Gasteiger partial charge >= 0.3 is 0 Å². The summed E-state index contributed by atoms with van der Waals surface area (Å²) in [5.41, 5.74) is 0.412. The Labute approximate surface area is 115 Å². The molecule has 4 atom stereocenters. The average Bonchev–Trinajstić information content (AvgIpc) is 2.48. The number of ether oxygens (including phenoxy) is 3. The Morgan fingerprint density at radius 3 is 2.65 bits per heavy atom. The second-order valence-corrected chi connectivity index (χ2v) is 4.40. The van der Waals surface area contributed by atoms with Gasteiger partial charge in [0.15, 0.2) is 11.5 Å². The lowest BCUT2D eigenvalue weighted by Gasteiger charge is -2.35. The van der Waals surface area contributed by atoms with Crippen molar-refractivity contribution in [1.82, 2.24) is 0 Å². The van der Waals surface area contributed by atoms with Crippen LogP contribution in [0.5, 0.6) is 11.5 Å². The van der Waals surface area contributed by atoms with Gasteiger partial charge in [-0.1, -0.05) is 0 Å². The zero-order valence-electron chi connectivity index (χ0n) is 10.8. The fraction of sp³-hybridized carbons (Fsp3) is 0.462. The van der Waals surface area contributed by atoms with Gasteiger partial charge in [-0.15, -0.1) is 0 Å². The van der Waals surface area contributed by atoms with Crippen molar-refractivity contribution in [2.45, 2.75) is 24.6 Å². The predicted molar refractivity (Wildman–Crippen MR) is 66.8 cm³/mol. The van der Waals surface area contributed by atoms with Crippen molar-refractivity contribution >= 4 is 6.29 Å². The van der Waals surface area contributed by atoms with Crippen molar-refractivity contribution in [3.05, 3.63) is 23.8 Å². The number of benzene rings is 1. The van der Waals surface area contributed by atoms with E-state index in [2.05, 4.69) is 0 Å². The van der Waals surface area contributed by atoms with E-state index in [1.165, 1.54) is 25.3 Å². The molecule has 0 amide bonds. The molecule has 1 unspecified atom stereocenters. The van der Waals surface area contributed by atoms with Crippen LogP contribution in [-0.2, 0) is 4.74 Å². The Hall–Kier alpha value is -1.67. The molecular weight excluding hydrogens is 268 g/mol. The number of aliphatic hydroxyl groups is 3. The molecule has 0 bridgehead atoms. The van der Waals surface area contributed by atoms with Crippen LogP contribution in [0.1, 0.15) is 10.4 Å². The second kappa shape index (κ2) is 6.19. The van der Waals surface area contributed by atoms with Gasteiger partial charge in [-0.25, -0.2) is 0 Å². The third-order valence-electron chi connectivity index (χ3n) is 3.02. The van der Waals surface area contributed by atoms with Crippen molar-refractivity contribution in [3.8, 4) is 11.5 Å². The van der Waals surface area contributed by atoms with Crippen LogP contribution in [-0.4, -0.2) is 59.9 Å². The second-order valence-electron chi connectivity index (χ2n) is 4.40. The van der Waals surface area contributed by atoms with E-state index in [0.29, 0.717) is 17.6 Å². The molecule has 1 heterocycles. The first-order valence-corrected chi connectivity index (χ1v) is 6.02. The number of methoxy groups -OCH3 is 1. The lowest BCUT2D eigenvalue weighted by Crippen LogP contribution is -2.54. The van der Waals surface area contributed by atoms with Gasteiger partial charge in [0, 0.05) is 5.56 Å². The first kappa shape index (κ1) is 14.7. The molecule has 1 fully saturated rings. The highest BCUT2D eigenvalue weighted by Gasteiger charge is 2.39. The average molecular weight is 284 g/mol. The van der Waals surface area contributed by atoms with E-state index < -0.39 is 24.6 Å². The molecule has 7 nitrogen and oxygen atoms in total. The molecule has 1 aliphatic rings. The number of rotatable bonds is 4. The van der Waals surface area contributed by atoms with Crippen molar-refractivity contribution in [2.75, 3.05) is 13.7 Å². The number of carbonyl (C=O) groups excluding carboxylic acids is 1. The third-order valence-corrected chi connectivity index (χ3v) is 3.02. The summed E-state index contributed by atoms with van der Waals surface area (Å²) >= 11 is 0. The molecule has 110 valence electrons. The number of aliphatic hydroxyl groups excluding tert-OH is 3. The Morgan fingerprint density at radius 1 is 1.25 bits per heavy atom. The van der Waals surface area contributed by atoms with Crippen molar-refractivity contribution in [3.63, 3.8) is 0 Å². The number of aldehydes is 1. The van der Waals surface area contributed by atoms with Gasteiger partial charge in [0.05, 0.1) is 13.7 Å². The molecule has 1 aromatic rings. The minimum Gasteiger partial charge on any atom is -0.493 e. The van der Waals surface area contributed by atoms with E-state index in [1.54, 1.807) is 0 Å². The SMILES string of the molecule is COc1cc(C=O)ccc1OC1OC[C@@H](O)[C@@H](O)[C@@H]1O. The van der Waals surface area contributed by atoms with Crippen LogP contribution in [0, 0.1) is 0 Å². The summed E-state index contributed by atoms with van der Waals surface area (Å²) in [5.74, 6) is 0.553. The molecule has 0 aliphatic carbocycles. The summed E-state index contributed by atoms with van der Waals surface area (Å²) in [6, 6.07) is 4.49. The van der Waals surface area contributed by atoms with Crippen LogP contribution in [0.4, 0.5) is 0 Å². The molecule has 0 spiro atoms. The van der Waals surface area contributed by atoms with Gasteiger partial charge < -0.3 is 29.5 Å². The van der Waals surface area contributed by atoms with Crippen LogP contribution >= 0.6 is 0 Å². The summed E-state index contributed by atoms with van der Waals surface area (Å²) in [6.07, 6.45) is -4.38. The van der Waals surface area contributed by atoms with Gasteiger partial charge in [-0.2, -0.15) is 0 Å². The van der Waals surface area contributed by atoms with Gasteiger partial charge in [-0.3, -0.25) is 4.79 Å². The molecule has 0 aromatic heterocycles. The Bertz CT molecular complexity index is 476. The number of hydrogen-bond acceptors (Lipinski definition) is 7. The van der Waals surface area contributed by atoms with E-state index in [1.807, 2.05) is 0 Å². The van der Waals surface area contributed by atoms with E-state index in [0.717, 1.165) is 0 Å². The molecule has 20 heavy (non-hydrogen) atoms. The number of hydrogen-bond donors (Lipinski definition) is 3. The molecule has 7 heteroatoms.